The summed E-state index contributed by atoms with van der Waals surface area (Å²) in [7, 11) is 0. The molecule has 0 aromatic carbocycles. The van der Waals surface area contributed by atoms with Crippen molar-refractivity contribution in [2.24, 2.45) is 11.7 Å². The van der Waals surface area contributed by atoms with Gasteiger partial charge < -0.3 is 10.5 Å². The maximum atomic E-state index is 11.3. The van der Waals surface area contributed by atoms with E-state index < -0.39 is 5.60 Å². The third kappa shape index (κ3) is 4.34. The van der Waals surface area contributed by atoms with Gasteiger partial charge in [0.05, 0.1) is 5.92 Å². The zero-order valence-electron chi connectivity index (χ0n) is 8.39. The van der Waals surface area contributed by atoms with Crippen molar-refractivity contribution in [3.8, 4) is 0 Å². The predicted molar refractivity (Wildman–Crippen MR) is 48.7 cm³/mol. The molecule has 72 valence electrons. The van der Waals surface area contributed by atoms with Crippen LogP contribution in [0.2, 0.25) is 0 Å². The molecule has 0 rings (SSSR count). The molecule has 2 N–H and O–H groups in total. The van der Waals surface area contributed by atoms with Crippen molar-refractivity contribution < 1.29 is 9.53 Å². The number of hydrogen-bond acceptors (Lipinski definition) is 3. The standard InChI is InChI=1S/C9H19NO2/c1-5-7(6-10)8(11)12-9(2,3)4/h7H,5-6,10H2,1-4H3/t7-/m1/s1. The van der Waals surface area contributed by atoms with Crippen LogP contribution in [-0.2, 0) is 9.53 Å². The van der Waals surface area contributed by atoms with E-state index in [1.165, 1.54) is 0 Å². The van der Waals surface area contributed by atoms with E-state index in [1.54, 1.807) is 0 Å². The number of rotatable bonds is 3. The first kappa shape index (κ1) is 11.4. The van der Waals surface area contributed by atoms with Gasteiger partial charge in [-0.05, 0) is 27.2 Å². The lowest BCUT2D eigenvalue weighted by molar-refractivity contribution is -0.159. The monoisotopic (exact) mass is 173 g/mol. The second-order valence-corrected chi connectivity index (χ2v) is 3.87. The molecule has 0 heterocycles. The average molecular weight is 173 g/mol. The van der Waals surface area contributed by atoms with Crippen LogP contribution in [0.25, 0.3) is 0 Å². The fraction of sp³-hybridized carbons (Fsp3) is 0.889. The molecule has 0 unspecified atom stereocenters. The highest BCUT2D eigenvalue weighted by Crippen LogP contribution is 2.12. The average Bonchev–Trinajstić information content (AvgIpc) is 1.85. The number of ether oxygens (including phenoxy) is 1. The van der Waals surface area contributed by atoms with Crippen LogP contribution < -0.4 is 5.73 Å². The Balaban J connectivity index is 4.02. The molecule has 1 atom stereocenters. The summed E-state index contributed by atoms with van der Waals surface area (Å²) in [5.74, 6) is -0.336. The summed E-state index contributed by atoms with van der Waals surface area (Å²) in [5, 5.41) is 0. The lowest BCUT2D eigenvalue weighted by atomic mass is 10.1. The molecule has 0 aliphatic carbocycles. The molecule has 0 spiro atoms. The molecule has 0 aromatic heterocycles. The third-order valence-electron chi connectivity index (χ3n) is 1.52. The summed E-state index contributed by atoms with van der Waals surface area (Å²) < 4.78 is 5.16. The Kier molecular flexibility index (Phi) is 4.24. The van der Waals surface area contributed by atoms with Gasteiger partial charge in [-0.2, -0.15) is 0 Å². The van der Waals surface area contributed by atoms with Crippen molar-refractivity contribution in [2.45, 2.75) is 39.7 Å². The normalized spacial score (nSPS) is 14.1. The minimum atomic E-state index is -0.403. The van der Waals surface area contributed by atoms with Crippen LogP contribution in [0.1, 0.15) is 34.1 Å². The van der Waals surface area contributed by atoms with Crippen molar-refractivity contribution in [2.75, 3.05) is 6.54 Å². The Labute approximate surface area is 74.3 Å². The summed E-state index contributed by atoms with van der Waals surface area (Å²) >= 11 is 0. The molecule has 0 saturated heterocycles. The number of nitrogens with two attached hydrogens (primary N) is 1. The number of carbonyl (C=O) groups excluding carboxylic acids is 1. The Morgan fingerprint density at radius 3 is 2.25 bits per heavy atom. The maximum absolute atomic E-state index is 11.3. The molecule has 12 heavy (non-hydrogen) atoms. The van der Waals surface area contributed by atoms with Crippen LogP contribution in [0.4, 0.5) is 0 Å². The quantitative estimate of drug-likeness (QED) is 0.655. The Hall–Kier alpha value is -0.570. The zero-order chi connectivity index (χ0) is 9.78. The first-order valence-corrected chi connectivity index (χ1v) is 4.33. The molecule has 0 amide bonds. The van der Waals surface area contributed by atoms with Crippen LogP contribution in [0, 0.1) is 5.92 Å². The number of esters is 1. The highest BCUT2D eigenvalue weighted by molar-refractivity contribution is 5.73. The topological polar surface area (TPSA) is 52.3 Å². The fourth-order valence-corrected chi connectivity index (χ4v) is 0.815. The van der Waals surface area contributed by atoms with Crippen molar-refractivity contribution >= 4 is 5.97 Å². The minimum Gasteiger partial charge on any atom is -0.460 e. The van der Waals surface area contributed by atoms with Gasteiger partial charge >= 0.3 is 5.97 Å². The van der Waals surface area contributed by atoms with E-state index >= 15 is 0 Å². The van der Waals surface area contributed by atoms with Crippen LogP contribution in [0.15, 0.2) is 0 Å². The molecule has 0 saturated carbocycles. The van der Waals surface area contributed by atoms with E-state index in [2.05, 4.69) is 0 Å². The minimum absolute atomic E-state index is 0.149. The SMILES string of the molecule is CC[C@H](CN)C(=O)OC(C)(C)C. The molecule has 0 bridgehead atoms. The Bertz CT molecular complexity index is 145. The molecule has 0 aliphatic rings. The predicted octanol–water partition coefficient (Wildman–Crippen LogP) is 1.31. The molecule has 0 aromatic rings. The molecule has 3 heteroatoms. The molecule has 0 fully saturated rings. The van der Waals surface area contributed by atoms with Crippen LogP contribution >= 0.6 is 0 Å². The largest absolute Gasteiger partial charge is 0.460 e. The van der Waals surface area contributed by atoms with E-state index in [1.807, 2.05) is 27.7 Å². The van der Waals surface area contributed by atoms with Crippen molar-refractivity contribution in [3.05, 3.63) is 0 Å². The summed E-state index contributed by atoms with van der Waals surface area (Å²) in [6.07, 6.45) is 0.741. The smallest absolute Gasteiger partial charge is 0.310 e. The van der Waals surface area contributed by atoms with Crippen molar-refractivity contribution in [3.63, 3.8) is 0 Å². The van der Waals surface area contributed by atoms with Gasteiger partial charge in [-0.3, -0.25) is 4.79 Å². The third-order valence-corrected chi connectivity index (χ3v) is 1.52. The molecule has 3 nitrogen and oxygen atoms in total. The van der Waals surface area contributed by atoms with Gasteiger partial charge in [0.25, 0.3) is 0 Å². The van der Waals surface area contributed by atoms with Gasteiger partial charge in [0.1, 0.15) is 5.60 Å². The Morgan fingerprint density at radius 2 is 2.00 bits per heavy atom. The second-order valence-electron chi connectivity index (χ2n) is 3.87. The highest BCUT2D eigenvalue weighted by Gasteiger charge is 2.22. The summed E-state index contributed by atoms with van der Waals surface area (Å²) in [5.41, 5.74) is 5.00. The lowest BCUT2D eigenvalue weighted by Gasteiger charge is -2.22. The van der Waals surface area contributed by atoms with E-state index in [0.29, 0.717) is 6.54 Å². The van der Waals surface area contributed by atoms with E-state index in [0.717, 1.165) is 6.42 Å². The van der Waals surface area contributed by atoms with Crippen molar-refractivity contribution in [1.82, 2.24) is 0 Å². The van der Waals surface area contributed by atoms with E-state index in [9.17, 15) is 4.79 Å². The molecular weight excluding hydrogens is 154 g/mol. The summed E-state index contributed by atoms with van der Waals surface area (Å²) in [6.45, 7) is 7.86. The van der Waals surface area contributed by atoms with Gasteiger partial charge in [0.15, 0.2) is 0 Å². The first-order chi connectivity index (χ1) is 5.40. The van der Waals surface area contributed by atoms with Gasteiger partial charge in [-0.15, -0.1) is 0 Å². The van der Waals surface area contributed by atoms with Crippen molar-refractivity contribution in [1.29, 1.82) is 0 Å². The van der Waals surface area contributed by atoms with Gasteiger partial charge in [0, 0.05) is 6.54 Å². The molecular formula is C9H19NO2. The van der Waals surface area contributed by atoms with Crippen LogP contribution in [0.5, 0.6) is 0 Å². The zero-order valence-corrected chi connectivity index (χ0v) is 8.39. The van der Waals surface area contributed by atoms with E-state index in [-0.39, 0.29) is 11.9 Å². The molecule has 0 aliphatic heterocycles. The summed E-state index contributed by atoms with van der Waals surface area (Å²) in [6, 6.07) is 0. The highest BCUT2D eigenvalue weighted by atomic mass is 16.6. The summed E-state index contributed by atoms with van der Waals surface area (Å²) in [4.78, 5) is 11.3. The number of hydrogen-bond donors (Lipinski definition) is 1. The number of carbonyl (C=O) groups is 1. The maximum Gasteiger partial charge on any atom is 0.310 e. The molecule has 0 radical (unpaired) electrons. The first-order valence-electron chi connectivity index (χ1n) is 4.33. The van der Waals surface area contributed by atoms with Crippen LogP contribution in [0.3, 0.4) is 0 Å². The second kappa shape index (κ2) is 4.45. The van der Waals surface area contributed by atoms with Gasteiger partial charge in [-0.1, -0.05) is 6.92 Å². The Morgan fingerprint density at radius 1 is 1.50 bits per heavy atom. The van der Waals surface area contributed by atoms with Crippen LogP contribution in [-0.4, -0.2) is 18.1 Å². The lowest BCUT2D eigenvalue weighted by Crippen LogP contribution is -2.32. The van der Waals surface area contributed by atoms with Gasteiger partial charge in [-0.25, -0.2) is 0 Å². The van der Waals surface area contributed by atoms with Gasteiger partial charge in [0.2, 0.25) is 0 Å². The fourth-order valence-electron chi connectivity index (χ4n) is 0.815. The van der Waals surface area contributed by atoms with E-state index in [4.69, 9.17) is 10.5 Å².